The van der Waals surface area contributed by atoms with E-state index in [2.05, 4.69) is 17.3 Å². The zero-order valence-corrected chi connectivity index (χ0v) is 6.81. The minimum absolute atomic E-state index is 1.19. The third-order valence-electron chi connectivity index (χ3n) is 0.458. The quantitative estimate of drug-likeness (QED) is 0.640. The minimum atomic E-state index is 1.19. The van der Waals surface area contributed by atoms with Gasteiger partial charge in [0.25, 0.3) is 0 Å². The van der Waals surface area contributed by atoms with Gasteiger partial charge < -0.3 is 0 Å². The van der Waals surface area contributed by atoms with E-state index in [1.807, 2.05) is 0 Å². The molecule has 0 rings (SSSR count). The van der Waals surface area contributed by atoms with Crippen LogP contribution in [0.25, 0.3) is 0 Å². The van der Waals surface area contributed by atoms with Crippen molar-refractivity contribution in [3.63, 3.8) is 0 Å². The average Bonchev–Trinajstić information content (AvgIpc) is 1.38. The van der Waals surface area contributed by atoms with E-state index in [9.17, 15) is 0 Å². The molecule has 0 aliphatic rings. The van der Waals surface area contributed by atoms with Gasteiger partial charge in [-0.2, -0.15) is 0 Å². The molecule has 0 radical (unpaired) electrons. The number of rotatable bonds is 1. The normalized spacial score (nSPS) is 9.40. The molecule has 0 heterocycles. The molecular weight excluding hydrogens is 231 g/mol. The SMILES string of the molecule is CC[N](C)[Ta]. The van der Waals surface area contributed by atoms with Gasteiger partial charge in [-0.3, -0.25) is 0 Å². The fraction of sp³-hybridized carbons (Fsp3) is 1.00. The molecule has 0 aromatic carbocycles. The van der Waals surface area contributed by atoms with Gasteiger partial charge in [-0.1, -0.05) is 0 Å². The Hall–Kier alpha value is 0.700. The van der Waals surface area contributed by atoms with Gasteiger partial charge in [0.15, 0.2) is 0 Å². The summed E-state index contributed by atoms with van der Waals surface area (Å²) < 4.78 is 2.24. The van der Waals surface area contributed by atoms with Crippen LogP contribution in [0.3, 0.4) is 0 Å². The second-order valence-corrected chi connectivity index (χ2v) is 3.43. The van der Waals surface area contributed by atoms with Gasteiger partial charge in [-0.05, 0) is 0 Å². The molecule has 0 aliphatic heterocycles. The van der Waals surface area contributed by atoms with Crippen LogP contribution in [-0.4, -0.2) is 16.9 Å². The van der Waals surface area contributed by atoms with Crippen LogP contribution in [0.5, 0.6) is 0 Å². The van der Waals surface area contributed by atoms with Crippen LogP contribution in [0.15, 0.2) is 0 Å². The maximum atomic E-state index is 2.24. The van der Waals surface area contributed by atoms with Crippen molar-refractivity contribution in [2.24, 2.45) is 0 Å². The summed E-state index contributed by atoms with van der Waals surface area (Å²) in [6.45, 7) is 3.34. The van der Waals surface area contributed by atoms with Crippen LogP contribution < -0.4 is 0 Å². The zero-order valence-electron chi connectivity index (χ0n) is 3.60. The van der Waals surface area contributed by atoms with E-state index < -0.39 is 0 Å². The van der Waals surface area contributed by atoms with Crippen LogP contribution >= 0.6 is 0 Å². The summed E-state index contributed by atoms with van der Waals surface area (Å²) in [6, 6.07) is 0. The van der Waals surface area contributed by atoms with Crippen molar-refractivity contribution in [2.45, 2.75) is 6.92 Å². The third kappa shape index (κ3) is 4.70. The van der Waals surface area contributed by atoms with E-state index in [-0.39, 0.29) is 0 Å². The fourth-order valence-electron chi connectivity index (χ4n) is 0. The van der Waals surface area contributed by atoms with E-state index in [1.165, 1.54) is 27.9 Å². The summed E-state index contributed by atoms with van der Waals surface area (Å²) in [5.74, 6) is 0. The number of hydrogen-bond acceptors (Lipinski definition) is 1. The topological polar surface area (TPSA) is 3.24 Å². The van der Waals surface area contributed by atoms with E-state index >= 15 is 0 Å². The maximum absolute atomic E-state index is 2.24. The first-order chi connectivity index (χ1) is 2.27. The van der Waals surface area contributed by atoms with Gasteiger partial charge in [0, 0.05) is 0 Å². The Balaban J connectivity index is 2.54. The van der Waals surface area contributed by atoms with Crippen LogP contribution in [0.1, 0.15) is 6.92 Å². The van der Waals surface area contributed by atoms with Crippen molar-refractivity contribution in [3.8, 4) is 0 Å². The molecule has 2 heteroatoms. The van der Waals surface area contributed by atoms with Gasteiger partial charge in [-0.25, -0.2) is 0 Å². The Bertz CT molecular complexity index is 20.9. The first kappa shape index (κ1) is 5.70. The summed E-state index contributed by atoms with van der Waals surface area (Å²) in [4.78, 5) is 0. The summed E-state index contributed by atoms with van der Waals surface area (Å²) in [5, 5.41) is 0. The van der Waals surface area contributed by atoms with Crippen molar-refractivity contribution in [3.05, 3.63) is 0 Å². The van der Waals surface area contributed by atoms with Crippen molar-refractivity contribution >= 4 is 0 Å². The number of hydrogen-bond donors (Lipinski definition) is 0. The van der Waals surface area contributed by atoms with Crippen LogP contribution in [0.4, 0.5) is 0 Å². The summed E-state index contributed by atoms with van der Waals surface area (Å²) >= 11 is 1.37. The molecule has 0 saturated heterocycles. The Labute approximate surface area is 45.6 Å². The van der Waals surface area contributed by atoms with Crippen molar-refractivity contribution in [1.82, 2.24) is 3.30 Å². The fourth-order valence-corrected chi connectivity index (χ4v) is 0. The second kappa shape index (κ2) is 2.91. The first-order valence-corrected chi connectivity index (χ1v) is 3.11. The molecule has 5 heavy (non-hydrogen) atoms. The molecule has 30 valence electrons. The van der Waals surface area contributed by atoms with E-state index in [0.29, 0.717) is 0 Å². The molecule has 0 fully saturated rings. The first-order valence-electron chi connectivity index (χ1n) is 1.67. The zero-order chi connectivity index (χ0) is 4.28. The Kier molecular flexibility index (Phi) is 3.32. The standard InChI is InChI=1S/C3H8N.Ta/c1-3-4-2;/h3H2,1-2H3;/q-1;+1. The van der Waals surface area contributed by atoms with E-state index in [4.69, 9.17) is 0 Å². The van der Waals surface area contributed by atoms with Gasteiger partial charge in [0.1, 0.15) is 0 Å². The Morgan fingerprint density at radius 1 is 1.80 bits per heavy atom. The molecule has 0 atom stereocenters. The van der Waals surface area contributed by atoms with Crippen molar-refractivity contribution in [1.29, 1.82) is 0 Å². The monoisotopic (exact) mass is 239 g/mol. The van der Waals surface area contributed by atoms with Crippen LogP contribution in [0, 0.1) is 0 Å². The molecule has 0 N–H and O–H groups in total. The van der Waals surface area contributed by atoms with E-state index in [1.54, 1.807) is 0 Å². The summed E-state index contributed by atoms with van der Waals surface area (Å²) in [5.41, 5.74) is 0. The van der Waals surface area contributed by atoms with Gasteiger partial charge >= 0.3 is 45.1 Å². The Morgan fingerprint density at radius 3 is 2.00 bits per heavy atom. The van der Waals surface area contributed by atoms with Gasteiger partial charge in [0.05, 0.1) is 0 Å². The second-order valence-electron chi connectivity index (χ2n) is 0.974. The molecule has 0 amide bonds. The predicted molar refractivity (Wildman–Crippen MR) is 18.3 cm³/mol. The molecule has 1 nitrogen and oxygen atoms in total. The Morgan fingerprint density at radius 2 is 2.00 bits per heavy atom. The van der Waals surface area contributed by atoms with Crippen molar-refractivity contribution < 1.29 is 21.3 Å². The number of nitrogens with zero attached hydrogens (tertiary/aromatic N) is 1. The molecule has 0 aliphatic carbocycles. The molecule has 0 aromatic heterocycles. The predicted octanol–water partition coefficient (Wildman–Crippen LogP) is 0.400. The molecule has 0 spiro atoms. The van der Waals surface area contributed by atoms with Crippen LogP contribution in [0.2, 0.25) is 0 Å². The summed E-state index contributed by atoms with van der Waals surface area (Å²) in [7, 11) is 2.10. The van der Waals surface area contributed by atoms with Gasteiger partial charge in [0.2, 0.25) is 0 Å². The van der Waals surface area contributed by atoms with Crippen LogP contribution in [-0.2, 0) is 21.3 Å². The molecule has 0 saturated carbocycles. The molecular formula is C3H8NTa. The molecule has 0 bridgehead atoms. The average molecular weight is 239 g/mol. The third-order valence-corrected chi connectivity index (χ3v) is 1.47. The molecule has 0 aromatic rings. The molecule has 0 unspecified atom stereocenters. The van der Waals surface area contributed by atoms with Gasteiger partial charge in [-0.15, -0.1) is 0 Å². The summed E-state index contributed by atoms with van der Waals surface area (Å²) in [6.07, 6.45) is 0. The van der Waals surface area contributed by atoms with E-state index in [0.717, 1.165) is 0 Å². The van der Waals surface area contributed by atoms with Crippen molar-refractivity contribution in [2.75, 3.05) is 13.6 Å².